The second-order valence-electron chi connectivity index (χ2n) is 7.84. The molecule has 0 unspecified atom stereocenters. The highest BCUT2D eigenvalue weighted by molar-refractivity contribution is 7.89. The summed E-state index contributed by atoms with van der Waals surface area (Å²) in [4.78, 5) is 13.2. The van der Waals surface area contributed by atoms with Crippen LogP contribution in [-0.2, 0) is 14.8 Å². The number of allylic oxidation sites excluding steroid dienone is 1. The molecule has 1 fully saturated rings. The summed E-state index contributed by atoms with van der Waals surface area (Å²) in [6.07, 6.45) is 11.0. The highest BCUT2D eigenvalue weighted by atomic mass is 35.5. The Balaban J connectivity index is 1.98. The zero-order valence-corrected chi connectivity index (χ0v) is 19.2. The van der Waals surface area contributed by atoms with Crippen LogP contribution in [0.3, 0.4) is 0 Å². The van der Waals surface area contributed by atoms with Gasteiger partial charge in [0.05, 0.1) is 4.90 Å². The highest BCUT2D eigenvalue weighted by Gasteiger charge is 2.32. The number of nitrogens with one attached hydrogen (secondary N) is 1. The molecule has 8 heteroatoms. The number of halogens is 1. The normalized spacial score (nSPS) is 20.2. The molecule has 2 rings (SSSR count). The SMILES string of the molecule is CCCCCCN1C[C@H](NS(=O)(=O)c2ccc(Cl)cc2)C[C@H]1C=CCCCC(=O)O. The number of carboxylic acids is 1. The molecular formula is C22H33ClN2O4S. The molecule has 1 aliphatic rings. The second kappa shape index (κ2) is 12.4. The van der Waals surface area contributed by atoms with Gasteiger partial charge in [-0.3, -0.25) is 9.69 Å². The summed E-state index contributed by atoms with van der Waals surface area (Å²) in [5.41, 5.74) is 0. The predicted octanol–water partition coefficient (Wildman–Crippen LogP) is 4.45. The van der Waals surface area contributed by atoms with Crippen molar-refractivity contribution >= 4 is 27.6 Å². The Bertz CT molecular complexity index is 796. The van der Waals surface area contributed by atoms with E-state index in [4.69, 9.17) is 16.7 Å². The molecule has 0 spiro atoms. The van der Waals surface area contributed by atoms with Crippen LogP contribution >= 0.6 is 11.6 Å². The van der Waals surface area contributed by atoms with Gasteiger partial charge < -0.3 is 5.11 Å². The van der Waals surface area contributed by atoms with Crippen molar-refractivity contribution < 1.29 is 18.3 Å². The fraction of sp³-hybridized carbons (Fsp3) is 0.591. The average molecular weight is 457 g/mol. The van der Waals surface area contributed by atoms with Crippen molar-refractivity contribution in [1.82, 2.24) is 9.62 Å². The van der Waals surface area contributed by atoms with Gasteiger partial charge in [-0.15, -0.1) is 0 Å². The summed E-state index contributed by atoms with van der Waals surface area (Å²) >= 11 is 5.87. The summed E-state index contributed by atoms with van der Waals surface area (Å²) in [6.45, 7) is 3.78. The topological polar surface area (TPSA) is 86.7 Å². The lowest BCUT2D eigenvalue weighted by atomic mass is 10.1. The summed E-state index contributed by atoms with van der Waals surface area (Å²) in [5, 5.41) is 9.26. The van der Waals surface area contributed by atoms with E-state index in [1.165, 1.54) is 31.4 Å². The lowest BCUT2D eigenvalue weighted by Gasteiger charge is -2.21. The van der Waals surface area contributed by atoms with E-state index >= 15 is 0 Å². The number of rotatable bonds is 13. The van der Waals surface area contributed by atoms with Gasteiger partial charge in [-0.1, -0.05) is 49.9 Å². The molecule has 1 saturated heterocycles. The number of aliphatic carboxylic acids is 1. The third kappa shape index (κ3) is 8.38. The largest absolute Gasteiger partial charge is 0.481 e. The maximum atomic E-state index is 12.7. The van der Waals surface area contributed by atoms with Gasteiger partial charge in [0.1, 0.15) is 0 Å². The zero-order chi connectivity index (χ0) is 22.0. The fourth-order valence-electron chi connectivity index (χ4n) is 3.74. The Morgan fingerprint density at radius 1 is 1.23 bits per heavy atom. The third-order valence-corrected chi connectivity index (χ3v) is 7.10. The Morgan fingerprint density at radius 2 is 1.97 bits per heavy atom. The zero-order valence-electron chi connectivity index (χ0n) is 17.6. The maximum Gasteiger partial charge on any atom is 0.303 e. The van der Waals surface area contributed by atoms with Gasteiger partial charge in [0, 0.05) is 30.1 Å². The molecule has 1 heterocycles. The number of hydrogen-bond acceptors (Lipinski definition) is 4. The summed E-state index contributed by atoms with van der Waals surface area (Å²) in [5.74, 6) is -0.779. The predicted molar refractivity (Wildman–Crippen MR) is 120 cm³/mol. The lowest BCUT2D eigenvalue weighted by Crippen LogP contribution is -2.37. The van der Waals surface area contributed by atoms with E-state index < -0.39 is 16.0 Å². The second-order valence-corrected chi connectivity index (χ2v) is 10.00. The van der Waals surface area contributed by atoms with Crippen LogP contribution in [0.1, 0.15) is 58.3 Å². The number of benzene rings is 1. The van der Waals surface area contributed by atoms with E-state index in [0.717, 1.165) is 13.0 Å². The molecule has 168 valence electrons. The van der Waals surface area contributed by atoms with Gasteiger partial charge >= 0.3 is 5.97 Å². The fourth-order valence-corrected chi connectivity index (χ4v) is 5.11. The van der Waals surface area contributed by atoms with E-state index in [1.54, 1.807) is 12.1 Å². The number of unbranched alkanes of at least 4 members (excludes halogenated alkanes) is 4. The first-order valence-electron chi connectivity index (χ1n) is 10.7. The van der Waals surface area contributed by atoms with Crippen LogP contribution in [0, 0.1) is 0 Å². The molecule has 1 aromatic rings. The first-order chi connectivity index (χ1) is 14.3. The molecule has 0 saturated carbocycles. The highest BCUT2D eigenvalue weighted by Crippen LogP contribution is 2.23. The summed E-state index contributed by atoms with van der Waals surface area (Å²) < 4.78 is 28.3. The summed E-state index contributed by atoms with van der Waals surface area (Å²) in [6, 6.07) is 6.19. The van der Waals surface area contributed by atoms with Crippen molar-refractivity contribution in [2.45, 2.75) is 75.3 Å². The van der Waals surface area contributed by atoms with Crippen LogP contribution < -0.4 is 4.72 Å². The first kappa shape index (κ1) is 24.9. The number of hydrogen-bond donors (Lipinski definition) is 2. The van der Waals surface area contributed by atoms with Crippen LogP contribution in [0.4, 0.5) is 0 Å². The first-order valence-corrected chi connectivity index (χ1v) is 12.6. The molecule has 6 nitrogen and oxygen atoms in total. The average Bonchev–Trinajstić information content (AvgIpc) is 3.05. The van der Waals surface area contributed by atoms with Gasteiger partial charge in [0.25, 0.3) is 0 Å². The third-order valence-electron chi connectivity index (χ3n) is 5.31. The van der Waals surface area contributed by atoms with Crippen molar-refractivity contribution in [2.75, 3.05) is 13.1 Å². The van der Waals surface area contributed by atoms with Crippen LogP contribution in [0.2, 0.25) is 5.02 Å². The molecule has 0 bridgehead atoms. The van der Waals surface area contributed by atoms with Crippen LogP contribution in [-0.4, -0.2) is 49.6 Å². The Kier molecular flexibility index (Phi) is 10.3. The minimum atomic E-state index is -3.60. The molecule has 0 amide bonds. The molecular weight excluding hydrogens is 424 g/mol. The van der Waals surface area contributed by atoms with Crippen molar-refractivity contribution in [3.63, 3.8) is 0 Å². The monoisotopic (exact) mass is 456 g/mol. The van der Waals surface area contributed by atoms with Crippen molar-refractivity contribution in [3.8, 4) is 0 Å². The molecule has 30 heavy (non-hydrogen) atoms. The van der Waals surface area contributed by atoms with Crippen molar-refractivity contribution in [1.29, 1.82) is 0 Å². The molecule has 0 aromatic heterocycles. The quantitative estimate of drug-likeness (QED) is 0.338. The van der Waals surface area contributed by atoms with Gasteiger partial charge in [-0.25, -0.2) is 13.1 Å². The number of carboxylic acid groups (broad SMARTS) is 1. The summed E-state index contributed by atoms with van der Waals surface area (Å²) in [7, 11) is -3.60. The van der Waals surface area contributed by atoms with Gasteiger partial charge in [0.15, 0.2) is 0 Å². The smallest absolute Gasteiger partial charge is 0.303 e. The van der Waals surface area contributed by atoms with Crippen molar-refractivity contribution in [2.24, 2.45) is 0 Å². The maximum absolute atomic E-state index is 12.7. The van der Waals surface area contributed by atoms with Crippen LogP contribution in [0.15, 0.2) is 41.3 Å². The van der Waals surface area contributed by atoms with Crippen molar-refractivity contribution in [3.05, 3.63) is 41.4 Å². The number of carbonyl (C=O) groups is 1. The van der Waals surface area contributed by atoms with Crippen LogP contribution in [0.25, 0.3) is 0 Å². The Morgan fingerprint density at radius 3 is 2.63 bits per heavy atom. The molecule has 2 N–H and O–H groups in total. The Labute approximate surface area is 185 Å². The van der Waals surface area contributed by atoms with E-state index in [1.807, 2.05) is 6.08 Å². The number of likely N-dealkylation sites (tertiary alicyclic amines) is 1. The molecule has 1 aromatic carbocycles. The number of nitrogens with zero attached hydrogens (tertiary/aromatic N) is 1. The van der Waals surface area contributed by atoms with E-state index in [-0.39, 0.29) is 23.4 Å². The van der Waals surface area contributed by atoms with E-state index in [2.05, 4.69) is 22.6 Å². The van der Waals surface area contributed by atoms with Gasteiger partial charge in [-0.2, -0.15) is 0 Å². The van der Waals surface area contributed by atoms with Crippen LogP contribution in [0.5, 0.6) is 0 Å². The minimum Gasteiger partial charge on any atom is -0.481 e. The Hall–Kier alpha value is -1.41. The number of sulfonamides is 1. The van der Waals surface area contributed by atoms with Gasteiger partial charge in [-0.05, 0) is 56.5 Å². The van der Waals surface area contributed by atoms with E-state index in [9.17, 15) is 13.2 Å². The van der Waals surface area contributed by atoms with E-state index in [0.29, 0.717) is 30.8 Å². The minimum absolute atomic E-state index is 0.161. The molecule has 2 atom stereocenters. The molecule has 0 aliphatic carbocycles. The lowest BCUT2D eigenvalue weighted by molar-refractivity contribution is -0.137. The molecule has 0 radical (unpaired) electrons. The molecule has 1 aliphatic heterocycles. The van der Waals surface area contributed by atoms with Gasteiger partial charge in [0.2, 0.25) is 10.0 Å². The standard InChI is InChI=1S/C22H33ClN2O4S/c1-2-3-4-8-15-25-17-19(16-20(25)9-6-5-7-10-22(26)27)24-30(28,29)21-13-11-18(23)12-14-21/h6,9,11-14,19-20,24H,2-5,7-8,10,15-17H2,1H3,(H,26,27)/t19-,20-/m1/s1.